The van der Waals surface area contributed by atoms with E-state index in [1.807, 2.05) is 6.07 Å². The van der Waals surface area contributed by atoms with Gasteiger partial charge in [-0.25, -0.2) is 4.79 Å². The lowest BCUT2D eigenvalue weighted by Gasteiger charge is -2.22. The molecule has 9 heteroatoms. The summed E-state index contributed by atoms with van der Waals surface area (Å²) >= 11 is 0. The molecule has 0 aliphatic rings. The maximum absolute atomic E-state index is 12.7. The average molecular weight is 428 g/mol. The molecule has 2 rings (SSSR count). The van der Waals surface area contributed by atoms with Crippen LogP contribution in [0.1, 0.15) is 59.6 Å². The quantitative estimate of drug-likeness (QED) is 0.336. The number of hydrogen-bond acceptors (Lipinski definition) is 7. The monoisotopic (exact) mass is 428 g/mol. The van der Waals surface area contributed by atoms with Gasteiger partial charge in [-0.2, -0.15) is 4.98 Å². The van der Waals surface area contributed by atoms with Crippen molar-refractivity contribution in [3.8, 4) is 0 Å². The number of nitrogens with zero attached hydrogens (tertiary/aromatic N) is 2. The van der Waals surface area contributed by atoms with Crippen molar-refractivity contribution < 1.29 is 22.8 Å². The lowest BCUT2D eigenvalue weighted by atomic mass is 10.2. The highest BCUT2D eigenvalue weighted by Gasteiger charge is 2.28. The number of ether oxygens (including phenoxy) is 1. The van der Waals surface area contributed by atoms with Crippen LogP contribution in [0.4, 0.5) is 0 Å². The Morgan fingerprint density at radius 2 is 1.86 bits per heavy atom. The van der Waals surface area contributed by atoms with E-state index in [2.05, 4.69) is 11.9 Å². The molecule has 0 radical (unpaired) electrons. The van der Waals surface area contributed by atoms with Gasteiger partial charge in [0.15, 0.2) is 0 Å². The molecule has 0 bridgehead atoms. The zero-order valence-electron chi connectivity index (χ0n) is 18.1. The summed E-state index contributed by atoms with van der Waals surface area (Å²) in [5.74, 6) is 0.840. The van der Waals surface area contributed by atoms with Crippen LogP contribution in [-0.2, 0) is 31.3 Å². The second-order valence-electron chi connectivity index (χ2n) is 7.60. The van der Waals surface area contributed by atoms with Crippen molar-refractivity contribution in [2.24, 2.45) is 0 Å². The molecule has 164 valence electrons. The smallest absolute Gasteiger partial charge is 0.356 e. The summed E-state index contributed by atoms with van der Waals surface area (Å²) in [5.41, 5.74) is -0.0468. The fourth-order valence-electron chi connectivity index (χ4n) is 2.90. The standard InChI is InChI=1S/C20H33N2O6P/c1-6-7-8-9-18-12-17-13-22(20(23)21-19(17)26-18)10-11-25-14-29(24,27-15(2)3)28-16(4)5/h12-13,15-16H,6-11,14H2,1-5H3. The van der Waals surface area contributed by atoms with E-state index in [9.17, 15) is 9.36 Å². The topological polar surface area (TPSA) is 92.8 Å². The molecule has 0 aliphatic heterocycles. The molecule has 0 amide bonds. The second-order valence-corrected chi connectivity index (χ2v) is 9.51. The molecule has 2 aromatic rings. The predicted molar refractivity (Wildman–Crippen MR) is 112 cm³/mol. The number of aromatic nitrogens is 2. The molecule has 0 saturated carbocycles. The first kappa shape index (κ1) is 23.8. The van der Waals surface area contributed by atoms with Crippen molar-refractivity contribution in [3.63, 3.8) is 0 Å². The maximum atomic E-state index is 12.7. The summed E-state index contributed by atoms with van der Waals surface area (Å²) in [6.07, 6.45) is 5.22. The zero-order chi connectivity index (χ0) is 21.4. The number of furan rings is 1. The van der Waals surface area contributed by atoms with Crippen LogP contribution < -0.4 is 5.69 Å². The molecule has 29 heavy (non-hydrogen) atoms. The van der Waals surface area contributed by atoms with Crippen LogP contribution in [-0.4, -0.2) is 34.7 Å². The van der Waals surface area contributed by atoms with Gasteiger partial charge in [-0.3, -0.25) is 9.13 Å². The zero-order valence-corrected chi connectivity index (χ0v) is 18.9. The van der Waals surface area contributed by atoms with Crippen LogP contribution in [0, 0.1) is 0 Å². The number of hydrogen-bond donors (Lipinski definition) is 0. The van der Waals surface area contributed by atoms with Gasteiger partial charge in [0, 0.05) is 12.6 Å². The highest BCUT2D eigenvalue weighted by molar-refractivity contribution is 7.53. The van der Waals surface area contributed by atoms with E-state index in [0.29, 0.717) is 5.71 Å². The van der Waals surface area contributed by atoms with Crippen LogP contribution in [0.3, 0.4) is 0 Å². The third kappa shape index (κ3) is 7.70. The van der Waals surface area contributed by atoms with Gasteiger partial charge in [-0.1, -0.05) is 19.8 Å². The number of fused-ring (bicyclic) bond motifs is 1. The molecular weight excluding hydrogens is 395 g/mol. The highest BCUT2D eigenvalue weighted by Crippen LogP contribution is 2.50. The number of unbranched alkanes of at least 4 members (excludes halogenated alkanes) is 2. The van der Waals surface area contributed by atoms with Crippen molar-refractivity contribution in [2.45, 2.75) is 79.1 Å². The Morgan fingerprint density at radius 1 is 1.17 bits per heavy atom. The van der Waals surface area contributed by atoms with E-state index in [1.165, 1.54) is 4.57 Å². The molecule has 2 aromatic heterocycles. The van der Waals surface area contributed by atoms with Gasteiger partial charge in [0.2, 0.25) is 5.71 Å². The van der Waals surface area contributed by atoms with E-state index < -0.39 is 13.3 Å². The lowest BCUT2D eigenvalue weighted by molar-refractivity contribution is 0.0955. The minimum atomic E-state index is -3.35. The molecule has 0 aliphatic carbocycles. The first-order chi connectivity index (χ1) is 13.7. The SMILES string of the molecule is CCCCCc1cc2cn(CCOCP(=O)(OC(C)C)OC(C)C)c(=O)nc2o1. The minimum absolute atomic E-state index is 0.166. The molecule has 0 spiro atoms. The first-order valence-corrected chi connectivity index (χ1v) is 12.0. The summed E-state index contributed by atoms with van der Waals surface area (Å²) in [7, 11) is -3.35. The summed E-state index contributed by atoms with van der Waals surface area (Å²) in [5, 5.41) is 0.785. The van der Waals surface area contributed by atoms with Crippen molar-refractivity contribution in [1.29, 1.82) is 0 Å². The molecule has 0 N–H and O–H groups in total. The largest absolute Gasteiger partial charge is 0.443 e. The van der Waals surface area contributed by atoms with Crippen molar-refractivity contribution in [2.75, 3.05) is 13.0 Å². The second kappa shape index (κ2) is 11.1. The van der Waals surface area contributed by atoms with Gasteiger partial charge in [0.25, 0.3) is 0 Å². The Morgan fingerprint density at radius 3 is 2.48 bits per heavy atom. The Hall–Kier alpha value is -1.47. The predicted octanol–water partition coefficient (Wildman–Crippen LogP) is 4.74. The Labute approximate surface area is 172 Å². The molecular formula is C20H33N2O6P. The summed E-state index contributed by atoms with van der Waals surface area (Å²) in [6.45, 7) is 9.77. The molecule has 2 heterocycles. The van der Waals surface area contributed by atoms with E-state index in [4.69, 9.17) is 18.2 Å². The van der Waals surface area contributed by atoms with Gasteiger partial charge in [-0.05, 0) is 40.2 Å². The number of aryl methyl sites for hydroxylation is 1. The normalized spacial score (nSPS) is 12.5. The van der Waals surface area contributed by atoms with Crippen LogP contribution >= 0.6 is 7.60 Å². The van der Waals surface area contributed by atoms with Gasteiger partial charge < -0.3 is 18.2 Å². The minimum Gasteiger partial charge on any atom is -0.443 e. The first-order valence-electron chi connectivity index (χ1n) is 10.3. The molecule has 8 nitrogen and oxygen atoms in total. The molecule has 0 atom stereocenters. The summed E-state index contributed by atoms with van der Waals surface area (Å²) < 4.78 is 36.3. The van der Waals surface area contributed by atoms with Gasteiger partial charge in [-0.15, -0.1) is 0 Å². The fraction of sp³-hybridized carbons (Fsp3) is 0.700. The Bertz CT molecular complexity index is 859. The van der Waals surface area contributed by atoms with E-state index in [-0.39, 0.29) is 31.7 Å². The summed E-state index contributed by atoms with van der Waals surface area (Å²) in [4.78, 5) is 16.2. The lowest BCUT2D eigenvalue weighted by Crippen LogP contribution is -2.24. The Balaban J connectivity index is 1.96. The molecule has 0 saturated heterocycles. The van der Waals surface area contributed by atoms with E-state index >= 15 is 0 Å². The van der Waals surface area contributed by atoms with E-state index in [0.717, 1.165) is 36.8 Å². The maximum Gasteiger partial charge on any atom is 0.356 e. The molecule has 0 aromatic carbocycles. The summed E-state index contributed by atoms with van der Waals surface area (Å²) in [6, 6.07) is 1.93. The number of rotatable bonds is 13. The van der Waals surface area contributed by atoms with Crippen molar-refractivity contribution in [3.05, 3.63) is 28.5 Å². The van der Waals surface area contributed by atoms with Crippen LogP contribution in [0.5, 0.6) is 0 Å². The fourth-order valence-corrected chi connectivity index (χ4v) is 4.71. The molecule has 0 fully saturated rings. The van der Waals surface area contributed by atoms with Crippen LogP contribution in [0.15, 0.2) is 21.5 Å². The third-order valence-corrected chi connectivity index (χ3v) is 6.01. The van der Waals surface area contributed by atoms with Gasteiger partial charge in [0.1, 0.15) is 12.1 Å². The van der Waals surface area contributed by atoms with Crippen molar-refractivity contribution in [1.82, 2.24) is 9.55 Å². The van der Waals surface area contributed by atoms with Crippen LogP contribution in [0.2, 0.25) is 0 Å². The Kier molecular flexibility index (Phi) is 9.08. The van der Waals surface area contributed by atoms with Gasteiger partial charge >= 0.3 is 13.3 Å². The average Bonchev–Trinajstić information content (AvgIpc) is 2.98. The van der Waals surface area contributed by atoms with Gasteiger partial charge in [0.05, 0.1) is 30.7 Å². The molecule has 0 unspecified atom stereocenters. The van der Waals surface area contributed by atoms with E-state index in [1.54, 1.807) is 33.9 Å². The third-order valence-electron chi connectivity index (χ3n) is 4.02. The highest BCUT2D eigenvalue weighted by atomic mass is 31.2. The van der Waals surface area contributed by atoms with Crippen molar-refractivity contribution >= 4 is 18.7 Å². The van der Waals surface area contributed by atoms with Crippen LogP contribution in [0.25, 0.3) is 11.1 Å².